The number of aromatic nitrogens is 1. The van der Waals surface area contributed by atoms with E-state index in [9.17, 15) is 0 Å². The van der Waals surface area contributed by atoms with Crippen molar-refractivity contribution in [1.29, 1.82) is 0 Å². The maximum atomic E-state index is 4.06. The van der Waals surface area contributed by atoms with Gasteiger partial charge >= 0.3 is 0 Å². The van der Waals surface area contributed by atoms with E-state index in [0.29, 0.717) is 0 Å². The molecule has 0 atom stereocenters. The monoisotopic (exact) mass is 224 g/mol. The summed E-state index contributed by atoms with van der Waals surface area (Å²) >= 11 is 0. The zero-order valence-electron chi connectivity index (χ0n) is 9.38. The topological polar surface area (TPSA) is 38.5 Å². The second-order valence-electron chi connectivity index (χ2n) is 3.44. The van der Waals surface area contributed by atoms with Crippen molar-refractivity contribution in [3.63, 3.8) is 0 Å². The SMILES string of the molecule is C(=Cc1ccccc1)C=NNc1cccc[nH+]1. The first-order valence-electron chi connectivity index (χ1n) is 5.43. The highest BCUT2D eigenvalue weighted by Gasteiger charge is 1.92. The highest BCUT2D eigenvalue weighted by atomic mass is 15.3. The van der Waals surface area contributed by atoms with Gasteiger partial charge in [0.15, 0.2) is 0 Å². The van der Waals surface area contributed by atoms with Crippen LogP contribution in [0.1, 0.15) is 5.56 Å². The molecule has 17 heavy (non-hydrogen) atoms. The maximum absolute atomic E-state index is 4.06. The number of hydrogen-bond donors (Lipinski definition) is 1. The summed E-state index contributed by atoms with van der Waals surface area (Å²) in [6, 6.07) is 15.9. The van der Waals surface area contributed by atoms with Gasteiger partial charge in [0.2, 0.25) is 0 Å². The molecule has 1 aromatic heterocycles. The molecule has 0 fully saturated rings. The van der Waals surface area contributed by atoms with Crippen LogP contribution in [-0.2, 0) is 0 Å². The number of H-pyrrole nitrogens is 1. The summed E-state index contributed by atoms with van der Waals surface area (Å²) in [5.41, 5.74) is 4.05. The van der Waals surface area contributed by atoms with E-state index in [1.807, 2.05) is 66.9 Å². The molecule has 0 spiro atoms. The summed E-state index contributed by atoms with van der Waals surface area (Å²) in [5, 5.41) is 4.06. The lowest BCUT2D eigenvalue weighted by atomic mass is 10.2. The van der Waals surface area contributed by atoms with E-state index in [1.54, 1.807) is 6.21 Å². The molecule has 0 amide bonds. The number of aromatic amines is 1. The Morgan fingerprint density at radius 2 is 1.82 bits per heavy atom. The third-order valence-corrected chi connectivity index (χ3v) is 2.14. The van der Waals surface area contributed by atoms with Gasteiger partial charge in [0, 0.05) is 6.07 Å². The number of hydrazone groups is 1. The van der Waals surface area contributed by atoms with Crippen molar-refractivity contribution in [2.45, 2.75) is 0 Å². The number of benzene rings is 1. The van der Waals surface area contributed by atoms with Crippen LogP contribution in [0.25, 0.3) is 6.08 Å². The van der Waals surface area contributed by atoms with Crippen LogP contribution in [0.5, 0.6) is 0 Å². The zero-order chi connectivity index (χ0) is 11.8. The number of anilines is 1. The summed E-state index contributed by atoms with van der Waals surface area (Å²) in [6.45, 7) is 0. The largest absolute Gasteiger partial charge is 0.297 e. The predicted molar refractivity (Wildman–Crippen MR) is 70.6 cm³/mol. The van der Waals surface area contributed by atoms with Crippen molar-refractivity contribution < 1.29 is 4.98 Å². The summed E-state index contributed by atoms with van der Waals surface area (Å²) in [4.78, 5) is 3.03. The molecule has 2 aromatic rings. The van der Waals surface area contributed by atoms with Crippen LogP contribution in [0.4, 0.5) is 5.82 Å². The first-order chi connectivity index (χ1) is 8.45. The molecule has 0 aliphatic heterocycles. The third kappa shape index (κ3) is 3.91. The molecule has 0 radical (unpaired) electrons. The van der Waals surface area contributed by atoms with Gasteiger partial charge in [-0.05, 0) is 17.7 Å². The van der Waals surface area contributed by atoms with Crippen LogP contribution in [-0.4, -0.2) is 6.21 Å². The molecule has 0 unspecified atom stereocenters. The molecule has 1 aromatic carbocycles. The lowest BCUT2D eigenvalue weighted by Gasteiger charge is -1.89. The van der Waals surface area contributed by atoms with Crippen LogP contribution in [0.2, 0.25) is 0 Å². The number of nitrogens with one attached hydrogen (secondary N) is 2. The Labute approximate surface area is 101 Å². The van der Waals surface area contributed by atoms with E-state index in [0.717, 1.165) is 11.4 Å². The van der Waals surface area contributed by atoms with Gasteiger partial charge in [-0.2, -0.15) is 0 Å². The number of allylic oxidation sites excluding steroid dienone is 1. The Kier molecular flexibility index (Phi) is 4.06. The highest BCUT2D eigenvalue weighted by Crippen LogP contribution is 1.99. The highest BCUT2D eigenvalue weighted by molar-refractivity contribution is 5.78. The molecule has 2 N–H and O–H groups in total. The second-order valence-corrected chi connectivity index (χ2v) is 3.44. The average Bonchev–Trinajstić information content (AvgIpc) is 2.41. The van der Waals surface area contributed by atoms with Crippen LogP contribution in [0, 0.1) is 0 Å². The maximum Gasteiger partial charge on any atom is 0.297 e. The van der Waals surface area contributed by atoms with Crippen LogP contribution in [0.3, 0.4) is 0 Å². The number of rotatable bonds is 4. The van der Waals surface area contributed by atoms with Gasteiger partial charge in [-0.15, -0.1) is 5.43 Å². The first kappa shape index (κ1) is 11.1. The van der Waals surface area contributed by atoms with Gasteiger partial charge in [0.1, 0.15) is 0 Å². The van der Waals surface area contributed by atoms with Crippen LogP contribution < -0.4 is 10.4 Å². The normalized spacial score (nSPS) is 11.1. The van der Waals surface area contributed by atoms with Crippen molar-refractivity contribution in [2.24, 2.45) is 5.10 Å². The van der Waals surface area contributed by atoms with E-state index < -0.39 is 0 Å². The number of pyridine rings is 1. The Balaban J connectivity index is 1.85. The van der Waals surface area contributed by atoms with Gasteiger partial charge in [0.25, 0.3) is 5.82 Å². The molecule has 0 saturated heterocycles. The molecule has 0 aliphatic rings. The molecule has 3 nitrogen and oxygen atoms in total. The van der Waals surface area contributed by atoms with Gasteiger partial charge in [-0.3, -0.25) is 0 Å². The second kappa shape index (κ2) is 6.23. The summed E-state index contributed by atoms with van der Waals surface area (Å²) in [6.07, 6.45) is 7.46. The van der Waals surface area contributed by atoms with Crippen LogP contribution >= 0.6 is 0 Å². The third-order valence-electron chi connectivity index (χ3n) is 2.14. The van der Waals surface area contributed by atoms with Gasteiger partial charge in [0.05, 0.1) is 12.4 Å². The molecule has 84 valence electrons. The lowest BCUT2D eigenvalue weighted by molar-refractivity contribution is -0.361. The van der Waals surface area contributed by atoms with Crippen molar-refractivity contribution in [3.8, 4) is 0 Å². The molecule has 2 rings (SSSR count). The zero-order valence-corrected chi connectivity index (χ0v) is 9.38. The standard InChI is InChI=1S/C14H13N3/c1-2-7-13(8-3-1)9-6-12-16-17-14-10-4-5-11-15-14/h1-12H,(H,15,17)/p+1. The quantitative estimate of drug-likeness (QED) is 0.629. The summed E-state index contributed by atoms with van der Waals surface area (Å²) < 4.78 is 0. The number of nitrogens with zero attached hydrogens (tertiary/aromatic N) is 1. The minimum Gasteiger partial charge on any atom is -0.246 e. The van der Waals surface area contributed by atoms with Gasteiger partial charge < -0.3 is 0 Å². The van der Waals surface area contributed by atoms with Crippen molar-refractivity contribution in [1.82, 2.24) is 0 Å². The average molecular weight is 224 g/mol. The van der Waals surface area contributed by atoms with Crippen molar-refractivity contribution in [3.05, 3.63) is 66.4 Å². The fraction of sp³-hybridized carbons (Fsp3) is 0. The van der Waals surface area contributed by atoms with E-state index >= 15 is 0 Å². The molecule has 1 heterocycles. The molecule has 0 aliphatic carbocycles. The summed E-state index contributed by atoms with van der Waals surface area (Å²) in [5.74, 6) is 0.858. The molecular formula is C14H14N3+. The Morgan fingerprint density at radius 1 is 1.00 bits per heavy atom. The lowest BCUT2D eigenvalue weighted by Crippen LogP contribution is -2.07. The fourth-order valence-electron chi connectivity index (χ4n) is 1.33. The Bertz CT molecular complexity index is 489. The van der Waals surface area contributed by atoms with Crippen molar-refractivity contribution in [2.75, 3.05) is 5.43 Å². The minimum absolute atomic E-state index is 0.858. The van der Waals surface area contributed by atoms with E-state index in [4.69, 9.17) is 0 Å². The van der Waals surface area contributed by atoms with Crippen LogP contribution in [0.15, 0.2) is 65.9 Å². The molecule has 0 bridgehead atoms. The first-order valence-corrected chi connectivity index (χ1v) is 5.43. The number of hydrogen-bond acceptors (Lipinski definition) is 2. The van der Waals surface area contributed by atoms with E-state index in [1.165, 1.54) is 0 Å². The Morgan fingerprint density at radius 3 is 2.59 bits per heavy atom. The van der Waals surface area contributed by atoms with Crippen molar-refractivity contribution >= 4 is 18.1 Å². The van der Waals surface area contributed by atoms with E-state index in [-0.39, 0.29) is 0 Å². The summed E-state index contributed by atoms with van der Waals surface area (Å²) in [7, 11) is 0. The molecule has 0 saturated carbocycles. The molecular weight excluding hydrogens is 210 g/mol. The van der Waals surface area contributed by atoms with E-state index in [2.05, 4.69) is 15.5 Å². The predicted octanol–water partition coefficient (Wildman–Crippen LogP) is 2.61. The minimum atomic E-state index is 0.858. The molecule has 3 heteroatoms. The van der Waals surface area contributed by atoms with Gasteiger partial charge in [-0.1, -0.05) is 47.6 Å². The fourth-order valence-corrected chi connectivity index (χ4v) is 1.33. The van der Waals surface area contributed by atoms with Gasteiger partial charge in [-0.25, -0.2) is 4.98 Å². The Hall–Kier alpha value is -2.42. The smallest absolute Gasteiger partial charge is 0.246 e.